The van der Waals surface area contributed by atoms with Crippen LogP contribution in [0.5, 0.6) is 0 Å². The van der Waals surface area contributed by atoms with E-state index < -0.39 is 27.1 Å². The number of aromatic nitrogens is 4. The van der Waals surface area contributed by atoms with Crippen molar-refractivity contribution in [1.82, 2.24) is 19.6 Å². The summed E-state index contributed by atoms with van der Waals surface area (Å²) in [5.41, 5.74) is -1.72. The number of nitrogens with one attached hydrogen (secondary N) is 1. The monoisotopic (exact) mass is 393 g/mol. The van der Waals surface area contributed by atoms with Gasteiger partial charge in [0.15, 0.2) is 5.69 Å². The fraction of sp³-hybridized carbons (Fsp3) is 0.643. The molecule has 0 saturated carbocycles. The Morgan fingerprint density at radius 2 is 2.04 bits per heavy atom. The molecular weight excluding hydrogens is 375 g/mol. The van der Waals surface area contributed by atoms with Crippen LogP contribution < -0.4 is 5.32 Å². The van der Waals surface area contributed by atoms with Crippen LogP contribution in [0, 0.1) is 5.41 Å². The standard InChI is InChI=1S/C14H18F3N5O3S/c1-26(23,24)8-13(2-4-25-5-3-13)7-18-11-6-10(14(15,16)17)21-12-19-9-20-22(11)12/h6,9,18H,2-5,7-8H2,1H3. The number of hydrogen-bond acceptors (Lipinski definition) is 7. The average Bonchev–Trinajstić information content (AvgIpc) is 2.99. The van der Waals surface area contributed by atoms with Crippen molar-refractivity contribution in [3.8, 4) is 0 Å². The van der Waals surface area contributed by atoms with Crippen LogP contribution in [0.1, 0.15) is 18.5 Å². The second-order valence-electron chi connectivity index (χ2n) is 6.53. The van der Waals surface area contributed by atoms with Crippen LogP contribution >= 0.6 is 0 Å². The molecule has 0 aliphatic carbocycles. The molecule has 12 heteroatoms. The van der Waals surface area contributed by atoms with E-state index in [0.29, 0.717) is 26.1 Å². The summed E-state index contributed by atoms with van der Waals surface area (Å²) >= 11 is 0. The molecule has 144 valence electrons. The van der Waals surface area contributed by atoms with E-state index in [9.17, 15) is 21.6 Å². The third-order valence-electron chi connectivity index (χ3n) is 4.31. The summed E-state index contributed by atoms with van der Waals surface area (Å²) in [7, 11) is -3.27. The van der Waals surface area contributed by atoms with E-state index in [-0.39, 0.29) is 23.9 Å². The van der Waals surface area contributed by atoms with Gasteiger partial charge in [0.1, 0.15) is 22.0 Å². The Bertz CT molecular complexity index is 891. The van der Waals surface area contributed by atoms with Crippen molar-refractivity contribution in [2.75, 3.05) is 37.1 Å². The Labute approximate surface area is 147 Å². The highest BCUT2D eigenvalue weighted by atomic mass is 32.2. The van der Waals surface area contributed by atoms with Crippen molar-refractivity contribution in [2.24, 2.45) is 5.41 Å². The van der Waals surface area contributed by atoms with Gasteiger partial charge in [-0.1, -0.05) is 0 Å². The second kappa shape index (κ2) is 6.65. The third kappa shape index (κ3) is 4.23. The number of ether oxygens (including phenoxy) is 1. The molecular formula is C14H18F3N5O3S. The zero-order chi connectivity index (χ0) is 19.0. The lowest BCUT2D eigenvalue weighted by Crippen LogP contribution is -2.41. The molecule has 8 nitrogen and oxygen atoms in total. The van der Waals surface area contributed by atoms with E-state index >= 15 is 0 Å². The zero-order valence-corrected chi connectivity index (χ0v) is 14.8. The number of fused-ring (bicyclic) bond motifs is 1. The molecule has 2 aromatic rings. The Kier molecular flexibility index (Phi) is 4.82. The number of alkyl halides is 3. The Morgan fingerprint density at radius 1 is 1.35 bits per heavy atom. The maximum Gasteiger partial charge on any atom is 0.433 e. The highest BCUT2D eigenvalue weighted by Gasteiger charge is 2.37. The molecule has 1 aliphatic rings. The molecule has 0 bridgehead atoms. The lowest BCUT2D eigenvalue weighted by Gasteiger charge is -2.37. The van der Waals surface area contributed by atoms with Gasteiger partial charge < -0.3 is 10.1 Å². The maximum atomic E-state index is 13.1. The predicted octanol–water partition coefficient (Wildman–Crippen LogP) is 1.40. The molecule has 0 amide bonds. The Hall–Kier alpha value is -1.95. The minimum Gasteiger partial charge on any atom is -0.381 e. The first kappa shape index (κ1) is 18.8. The predicted molar refractivity (Wildman–Crippen MR) is 86.5 cm³/mol. The largest absolute Gasteiger partial charge is 0.433 e. The molecule has 26 heavy (non-hydrogen) atoms. The van der Waals surface area contributed by atoms with Gasteiger partial charge in [0, 0.05) is 37.5 Å². The molecule has 1 N–H and O–H groups in total. The van der Waals surface area contributed by atoms with Gasteiger partial charge in [-0.05, 0) is 12.8 Å². The summed E-state index contributed by atoms with van der Waals surface area (Å²) in [6, 6.07) is 0.842. The van der Waals surface area contributed by atoms with Crippen molar-refractivity contribution >= 4 is 21.4 Å². The van der Waals surface area contributed by atoms with Gasteiger partial charge >= 0.3 is 6.18 Å². The lowest BCUT2D eigenvalue weighted by atomic mass is 9.82. The van der Waals surface area contributed by atoms with E-state index in [4.69, 9.17) is 4.74 Å². The van der Waals surface area contributed by atoms with E-state index in [2.05, 4.69) is 20.4 Å². The van der Waals surface area contributed by atoms with Crippen molar-refractivity contribution in [3.05, 3.63) is 18.1 Å². The number of hydrogen-bond donors (Lipinski definition) is 1. The average molecular weight is 393 g/mol. The van der Waals surface area contributed by atoms with Crippen LogP contribution in [0.3, 0.4) is 0 Å². The van der Waals surface area contributed by atoms with Gasteiger partial charge in [0.2, 0.25) is 0 Å². The Morgan fingerprint density at radius 3 is 2.65 bits per heavy atom. The van der Waals surface area contributed by atoms with Gasteiger partial charge in [0.25, 0.3) is 5.78 Å². The fourth-order valence-corrected chi connectivity index (χ4v) is 4.60. The summed E-state index contributed by atoms with van der Waals surface area (Å²) in [5.74, 6) is -0.209. The number of halogens is 3. The van der Waals surface area contributed by atoms with Crippen molar-refractivity contribution in [2.45, 2.75) is 19.0 Å². The summed E-state index contributed by atoms with van der Waals surface area (Å²) < 4.78 is 69.2. The van der Waals surface area contributed by atoms with Crippen LogP contribution in [0.4, 0.5) is 19.0 Å². The van der Waals surface area contributed by atoms with Gasteiger partial charge in [0.05, 0.1) is 5.75 Å². The molecule has 1 saturated heterocycles. The van der Waals surface area contributed by atoms with Gasteiger partial charge in [-0.3, -0.25) is 0 Å². The van der Waals surface area contributed by atoms with Gasteiger partial charge in [-0.25, -0.2) is 13.4 Å². The molecule has 0 atom stereocenters. The minimum absolute atomic E-state index is 0.0548. The first-order chi connectivity index (χ1) is 12.1. The van der Waals surface area contributed by atoms with Crippen molar-refractivity contribution in [3.63, 3.8) is 0 Å². The highest BCUT2D eigenvalue weighted by molar-refractivity contribution is 7.90. The Balaban J connectivity index is 1.91. The van der Waals surface area contributed by atoms with E-state index in [0.717, 1.165) is 23.2 Å². The number of nitrogens with zero attached hydrogens (tertiary/aromatic N) is 4. The lowest BCUT2D eigenvalue weighted by molar-refractivity contribution is -0.141. The third-order valence-corrected chi connectivity index (χ3v) is 5.45. The van der Waals surface area contributed by atoms with Crippen LogP contribution in [-0.2, 0) is 20.8 Å². The molecule has 0 unspecified atom stereocenters. The first-order valence-electron chi connectivity index (χ1n) is 7.85. The van der Waals surface area contributed by atoms with Gasteiger partial charge in [-0.15, -0.1) is 0 Å². The van der Waals surface area contributed by atoms with Crippen LogP contribution in [-0.4, -0.2) is 59.8 Å². The fourth-order valence-electron chi connectivity index (χ4n) is 3.09. The summed E-state index contributed by atoms with van der Waals surface area (Å²) in [6.07, 6.45) is -1.40. The van der Waals surface area contributed by atoms with Crippen LogP contribution in [0.2, 0.25) is 0 Å². The zero-order valence-electron chi connectivity index (χ0n) is 14.0. The normalized spacial score (nSPS) is 18.2. The van der Waals surface area contributed by atoms with Crippen LogP contribution in [0.25, 0.3) is 5.78 Å². The molecule has 3 rings (SSSR count). The first-order valence-corrected chi connectivity index (χ1v) is 9.91. The van der Waals surface area contributed by atoms with Crippen molar-refractivity contribution < 1.29 is 26.3 Å². The maximum absolute atomic E-state index is 13.1. The van der Waals surface area contributed by atoms with E-state index in [1.165, 1.54) is 0 Å². The van der Waals surface area contributed by atoms with Crippen molar-refractivity contribution in [1.29, 1.82) is 0 Å². The minimum atomic E-state index is -4.63. The highest BCUT2D eigenvalue weighted by Crippen LogP contribution is 2.34. The van der Waals surface area contributed by atoms with Crippen LogP contribution in [0.15, 0.2) is 12.4 Å². The SMILES string of the molecule is CS(=O)(=O)CC1(CNc2cc(C(F)(F)F)nc3ncnn23)CCOCC1. The number of rotatable bonds is 5. The molecule has 0 radical (unpaired) electrons. The molecule has 1 fully saturated rings. The van der Waals surface area contributed by atoms with E-state index in [1.54, 1.807) is 0 Å². The molecule has 3 heterocycles. The quantitative estimate of drug-likeness (QED) is 0.820. The number of sulfone groups is 1. The molecule has 0 spiro atoms. The van der Waals surface area contributed by atoms with E-state index in [1.807, 2.05) is 0 Å². The topological polar surface area (TPSA) is 98.5 Å². The summed E-state index contributed by atoms with van der Waals surface area (Å²) in [4.78, 5) is 7.16. The smallest absolute Gasteiger partial charge is 0.381 e. The molecule has 2 aromatic heterocycles. The van der Waals surface area contributed by atoms with Gasteiger partial charge in [-0.2, -0.15) is 27.8 Å². The summed E-state index contributed by atoms with van der Waals surface area (Å²) in [6.45, 7) is 0.972. The summed E-state index contributed by atoms with van der Waals surface area (Å²) in [5, 5.41) is 6.79. The second-order valence-corrected chi connectivity index (χ2v) is 8.67. The molecule has 0 aromatic carbocycles. The number of anilines is 1. The molecule has 1 aliphatic heterocycles.